The lowest BCUT2D eigenvalue weighted by atomic mass is 10.0. The van der Waals surface area contributed by atoms with E-state index in [0.717, 1.165) is 24.3 Å². The zero-order valence-electron chi connectivity index (χ0n) is 17.2. The Bertz CT molecular complexity index is 436. The molecule has 26 heavy (non-hydrogen) atoms. The maximum atomic E-state index is 5.82. The second-order valence-corrected chi connectivity index (χ2v) is 7.38. The Hall–Kier alpha value is -0.890. The van der Waals surface area contributed by atoms with Crippen molar-refractivity contribution < 1.29 is 4.74 Å². The maximum absolute atomic E-state index is 5.82. The molecule has 1 radical (unpaired) electrons. The highest BCUT2D eigenvalue weighted by Gasteiger charge is 2.00. The minimum atomic E-state index is 0. The lowest BCUT2D eigenvalue weighted by molar-refractivity contribution is 0.302. The molecule has 0 heterocycles. The van der Waals surface area contributed by atoms with Crippen LogP contribution in [0.25, 0.3) is 0 Å². The third-order valence-corrected chi connectivity index (χ3v) is 4.89. The van der Waals surface area contributed by atoms with Crippen LogP contribution in [0.1, 0.15) is 102 Å². The van der Waals surface area contributed by atoms with Gasteiger partial charge >= 0.3 is 0 Å². The van der Waals surface area contributed by atoms with E-state index >= 15 is 0 Å². The summed E-state index contributed by atoms with van der Waals surface area (Å²) in [4.78, 5) is 0. The molecule has 0 aliphatic carbocycles. The third-order valence-electron chi connectivity index (χ3n) is 4.89. The molecule has 0 aliphatic rings. The first-order valence-electron chi connectivity index (χ1n) is 10.6. The second-order valence-electron chi connectivity index (χ2n) is 7.38. The van der Waals surface area contributed by atoms with Crippen molar-refractivity contribution in [2.45, 2.75) is 104 Å². The molecule has 1 aromatic carbocycles. The van der Waals surface area contributed by atoms with Crippen LogP contribution in [-0.4, -0.2) is 6.61 Å². The molecule has 0 aliphatic heterocycles. The van der Waals surface area contributed by atoms with Gasteiger partial charge in [0, 0.05) is 17.8 Å². The molecule has 0 bridgehead atoms. The monoisotopic (exact) mass is 382 g/mol. The average molecular weight is 383 g/mol. The van der Waals surface area contributed by atoms with E-state index in [1.165, 1.54) is 83.5 Å². The average Bonchev–Trinajstić information content (AvgIpc) is 2.61. The first-order valence-corrected chi connectivity index (χ1v) is 10.6. The molecule has 0 amide bonds. The van der Waals surface area contributed by atoms with Gasteiger partial charge in [-0.25, -0.2) is 0 Å². The number of nitrogens with two attached hydrogens (primary N) is 1. The fourth-order valence-electron chi connectivity index (χ4n) is 3.19. The van der Waals surface area contributed by atoms with Crippen LogP contribution in [0.4, 0.5) is 5.69 Å². The summed E-state index contributed by atoms with van der Waals surface area (Å²) >= 11 is 0. The molecular weight excluding hydrogens is 342 g/mol. The molecule has 0 saturated heterocycles. The zero-order chi connectivity index (χ0) is 18.2. The van der Waals surface area contributed by atoms with Crippen molar-refractivity contribution >= 4 is 18.1 Å². The molecule has 0 unspecified atom stereocenters. The Balaban J connectivity index is 0.00000625. The number of rotatable bonds is 16. The molecule has 3 heteroatoms. The van der Waals surface area contributed by atoms with E-state index in [1.54, 1.807) is 0 Å². The number of hydrogen-bond donors (Lipinski definition) is 1. The number of ether oxygens (including phenoxy) is 1. The number of aryl methyl sites for hydroxylation is 1. The predicted molar refractivity (Wildman–Crippen MR) is 117 cm³/mol. The highest BCUT2D eigenvalue weighted by atomic mass is 35.5. The quantitative estimate of drug-likeness (QED) is 0.235. The summed E-state index contributed by atoms with van der Waals surface area (Å²) in [7, 11) is 0. The van der Waals surface area contributed by atoms with Gasteiger partial charge in [0.1, 0.15) is 5.75 Å². The van der Waals surface area contributed by atoms with Gasteiger partial charge in [0.2, 0.25) is 0 Å². The summed E-state index contributed by atoms with van der Waals surface area (Å²) in [6.45, 7) is 5.12. The van der Waals surface area contributed by atoms with Crippen LogP contribution < -0.4 is 10.5 Å². The minimum absolute atomic E-state index is 0. The molecule has 2 N–H and O–H groups in total. The van der Waals surface area contributed by atoms with E-state index in [2.05, 4.69) is 13.0 Å². The molecular formula is C23H41ClNO. The van der Waals surface area contributed by atoms with E-state index in [1.807, 2.05) is 19.1 Å². The van der Waals surface area contributed by atoms with Crippen LogP contribution >= 0.6 is 12.4 Å². The number of nitrogen functional groups attached to an aromatic ring is 1. The van der Waals surface area contributed by atoms with E-state index in [9.17, 15) is 0 Å². The van der Waals surface area contributed by atoms with Crippen LogP contribution in [0.5, 0.6) is 5.75 Å². The van der Waals surface area contributed by atoms with Crippen molar-refractivity contribution in [3.05, 3.63) is 23.8 Å². The number of benzene rings is 1. The first kappa shape index (κ1) is 25.1. The van der Waals surface area contributed by atoms with E-state index in [4.69, 9.17) is 10.5 Å². The largest absolute Gasteiger partial charge is 0.493 e. The topological polar surface area (TPSA) is 35.2 Å². The van der Waals surface area contributed by atoms with E-state index in [-0.39, 0.29) is 12.4 Å². The van der Waals surface area contributed by atoms with Gasteiger partial charge in [0.05, 0.1) is 6.61 Å². The Morgan fingerprint density at radius 3 is 1.77 bits per heavy atom. The van der Waals surface area contributed by atoms with Crippen molar-refractivity contribution in [2.24, 2.45) is 0 Å². The molecule has 0 fully saturated rings. The van der Waals surface area contributed by atoms with Gasteiger partial charge in [-0.15, -0.1) is 12.4 Å². The van der Waals surface area contributed by atoms with Gasteiger partial charge in [-0.2, -0.15) is 0 Å². The summed E-state index contributed by atoms with van der Waals surface area (Å²) in [6, 6.07) is 6.76. The molecule has 0 aromatic heterocycles. The number of anilines is 1. The molecule has 151 valence electrons. The standard InChI is InChI=1S/C23H40NO.ClH/c1-3-4-5-6-7-8-9-10-11-12-13-14-15-16-19-25-23-20-22(24)18-17-21(23)2;/h17,20H,3-16,19,24H2,1-2H3;1H. The molecule has 1 aromatic rings. The van der Waals surface area contributed by atoms with Crippen LogP contribution in [0.3, 0.4) is 0 Å². The summed E-state index contributed by atoms with van der Waals surface area (Å²) in [5.74, 6) is 0.908. The van der Waals surface area contributed by atoms with Crippen LogP contribution in [0.15, 0.2) is 12.1 Å². The van der Waals surface area contributed by atoms with Crippen molar-refractivity contribution in [2.75, 3.05) is 12.3 Å². The van der Waals surface area contributed by atoms with Gasteiger partial charge in [-0.1, -0.05) is 90.4 Å². The normalized spacial score (nSPS) is 10.5. The summed E-state index contributed by atoms with van der Waals surface area (Å²) < 4.78 is 5.82. The van der Waals surface area contributed by atoms with E-state index in [0.29, 0.717) is 5.69 Å². The van der Waals surface area contributed by atoms with Crippen LogP contribution in [0.2, 0.25) is 0 Å². The molecule has 1 rings (SSSR count). The van der Waals surface area contributed by atoms with Gasteiger partial charge < -0.3 is 10.5 Å². The van der Waals surface area contributed by atoms with E-state index < -0.39 is 0 Å². The highest BCUT2D eigenvalue weighted by Crippen LogP contribution is 2.20. The number of halogens is 1. The van der Waals surface area contributed by atoms with Gasteiger partial charge in [0.25, 0.3) is 0 Å². The Kier molecular flexibility index (Phi) is 16.9. The van der Waals surface area contributed by atoms with Crippen LogP contribution in [0, 0.1) is 13.0 Å². The lowest BCUT2D eigenvalue weighted by Gasteiger charge is -2.09. The van der Waals surface area contributed by atoms with Crippen molar-refractivity contribution in [3.63, 3.8) is 0 Å². The third kappa shape index (κ3) is 13.3. The highest BCUT2D eigenvalue weighted by molar-refractivity contribution is 5.85. The number of hydrogen-bond acceptors (Lipinski definition) is 2. The Morgan fingerprint density at radius 2 is 1.27 bits per heavy atom. The van der Waals surface area contributed by atoms with Gasteiger partial charge in [-0.3, -0.25) is 0 Å². The fourth-order valence-corrected chi connectivity index (χ4v) is 3.19. The van der Waals surface area contributed by atoms with Crippen molar-refractivity contribution in [1.82, 2.24) is 0 Å². The van der Waals surface area contributed by atoms with Crippen molar-refractivity contribution in [1.29, 1.82) is 0 Å². The Morgan fingerprint density at radius 1 is 0.808 bits per heavy atom. The maximum Gasteiger partial charge on any atom is 0.124 e. The molecule has 0 spiro atoms. The molecule has 2 nitrogen and oxygen atoms in total. The Labute approximate surface area is 168 Å². The van der Waals surface area contributed by atoms with Gasteiger partial charge in [0.15, 0.2) is 0 Å². The minimum Gasteiger partial charge on any atom is -0.493 e. The van der Waals surface area contributed by atoms with Crippen LogP contribution in [-0.2, 0) is 0 Å². The summed E-state index contributed by atoms with van der Waals surface area (Å²) in [6.07, 6.45) is 19.4. The first-order chi connectivity index (χ1) is 12.2. The van der Waals surface area contributed by atoms with Crippen molar-refractivity contribution in [3.8, 4) is 5.75 Å². The fraction of sp³-hybridized carbons (Fsp3) is 0.739. The number of unbranched alkanes of at least 4 members (excludes halogenated alkanes) is 13. The molecule has 0 atom stereocenters. The second kappa shape index (κ2) is 17.5. The van der Waals surface area contributed by atoms with Gasteiger partial charge in [-0.05, 0) is 25.0 Å². The zero-order valence-corrected chi connectivity index (χ0v) is 18.0. The molecule has 0 saturated carbocycles. The summed E-state index contributed by atoms with van der Waals surface area (Å²) in [5.41, 5.74) is 7.51. The smallest absolute Gasteiger partial charge is 0.124 e. The predicted octanol–water partition coefficient (Wildman–Crippen LogP) is 7.66. The lowest BCUT2D eigenvalue weighted by Crippen LogP contribution is -2.00. The summed E-state index contributed by atoms with van der Waals surface area (Å²) in [5, 5.41) is 0. The SMILES string of the molecule is CCCCCCCCCCCCCCCCOc1cc(N)[c]cc1C.Cl.